The standard InChI is InChI=1S/C21H21ClN2O2/c1-2-20(25)23-19-8-6-16(7-9-19)21(26)24-12-10-15(11-13-24)17-4-3-5-18(22)14-17/h2-9,14-15H,1,10-13H2,(H,23,25). The van der Waals surface area contributed by atoms with Gasteiger partial charge in [0.2, 0.25) is 5.91 Å². The first-order chi connectivity index (χ1) is 12.6. The third kappa shape index (κ3) is 4.33. The van der Waals surface area contributed by atoms with E-state index in [4.69, 9.17) is 11.6 Å². The zero-order valence-electron chi connectivity index (χ0n) is 14.5. The molecule has 0 radical (unpaired) electrons. The topological polar surface area (TPSA) is 49.4 Å². The van der Waals surface area contributed by atoms with Crippen molar-refractivity contribution in [3.05, 3.63) is 77.3 Å². The number of benzene rings is 2. The highest BCUT2D eigenvalue weighted by molar-refractivity contribution is 6.30. The maximum absolute atomic E-state index is 12.7. The van der Waals surface area contributed by atoms with Crippen LogP contribution in [-0.2, 0) is 4.79 Å². The molecule has 0 atom stereocenters. The number of amides is 2. The lowest BCUT2D eigenvalue weighted by Crippen LogP contribution is -2.37. The van der Waals surface area contributed by atoms with Crippen LogP contribution in [0.4, 0.5) is 5.69 Å². The monoisotopic (exact) mass is 368 g/mol. The van der Waals surface area contributed by atoms with Crippen LogP contribution in [0.25, 0.3) is 0 Å². The van der Waals surface area contributed by atoms with Gasteiger partial charge in [-0.05, 0) is 66.8 Å². The fourth-order valence-corrected chi connectivity index (χ4v) is 3.45. The quantitative estimate of drug-likeness (QED) is 0.808. The molecule has 2 aromatic rings. The number of piperidine rings is 1. The molecule has 134 valence electrons. The minimum absolute atomic E-state index is 0.0242. The molecule has 0 aliphatic carbocycles. The summed E-state index contributed by atoms with van der Waals surface area (Å²) in [5, 5.41) is 3.43. The van der Waals surface area contributed by atoms with E-state index in [1.165, 1.54) is 11.6 Å². The molecule has 1 N–H and O–H groups in total. The summed E-state index contributed by atoms with van der Waals surface area (Å²) in [6.45, 7) is 4.87. The second-order valence-corrected chi connectivity index (χ2v) is 6.83. The van der Waals surface area contributed by atoms with Crippen LogP contribution in [0.2, 0.25) is 5.02 Å². The average Bonchev–Trinajstić information content (AvgIpc) is 2.68. The van der Waals surface area contributed by atoms with Gasteiger partial charge in [0, 0.05) is 29.4 Å². The van der Waals surface area contributed by atoms with E-state index in [0.717, 1.165) is 31.0 Å². The summed E-state index contributed by atoms with van der Waals surface area (Å²) in [5.74, 6) is 0.192. The highest BCUT2D eigenvalue weighted by Crippen LogP contribution is 2.30. The molecule has 0 bridgehead atoms. The zero-order chi connectivity index (χ0) is 18.5. The van der Waals surface area contributed by atoms with Gasteiger partial charge in [-0.1, -0.05) is 30.3 Å². The van der Waals surface area contributed by atoms with E-state index in [9.17, 15) is 9.59 Å². The van der Waals surface area contributed by atoms with Crippen molar-refractivity contribution < 1.29 is 9.59 Å². The fraction of sp³-hybridized carbons (Fsp3) is 0.238. The molecule has 1 aliphatic rings. The number of anilines is 1. The lowest BCUT2D eigenvalue weighted by molar-refractivity contribution is -0.111. The molecule has 1 fully saturated rings. The van der Waals surface area contributed by atoms with Crippen molar-refractivity contribution in [1.82, 2.24) is 4.90 Å². The Morgan fingerprint density at radius 2 is 1.81 bits per heavy atom. The average molecular weight is 369 g/mol. The first-order valence-corrected chi connectivity index (χ1v) is 9.03. The van der Waals surface area contributed by atoms with Crippen molar-refractivity contribution in [3.8, 4) is 0 Å². The Morgan fingerprint density at radius 3 is 2.42 bits per heavy atom. The van der Waals surface area contributed by atoms with Crippen LogP contribution in [0.5, 0.6) is 0 Å². The van der Waals surface area contributed by atoms with Crippen LogP contribution in [-0.4, -0.2) is 29.8 Å². The summed E-state index contributed by atoms with van der Waals surface area (Å²) in [6.07, 6.45) is 3.07. The lowest BCUT2D eigenvalue weighted by Gasteiger charge is -2.32. The normalized spacial score (nSPS) is 14.7. The second kappa shape index (κ2) is 8.19. The third-order valence-corrected chi connectivity index (χ3v) is 4.92. The number of hydrogen-bond donors (Lipinski definition) is 1. The molecule has 2 amide bonds. The number of carbonyl (C=O) groups excluding carboxylic acids is 2. The van der Waals surface area contributed by atoms with E-state index in [1.54, 1.807) is 24.3 Å². The van der Waals surface area contributed by atoms with Crippen LogP contribution in [0, 0.1) is 0 Å². The van der Waals surface area contributed by atoms with Crippen molar-refractivity contribution in [2.45, 2.75) is 18.8 Å². The Morgan fingerprint density at radius 1 is 1.12 bits per heavy atom. The Kier molecular flexibility index (Phi) is 5.74. The van der Waals surface area contributed by atoms with Crippen LogP contribution in [0.3, 0.4) is 0 Å². The maximum Gasteiger partial charge on any atom is 0.253 e. The highest BCUT2D eigenvalue weighted by atomic mass is 35.5. The summed E-state index contributed by atoms with van der Waals surface area (Å²) in [4.78, 5) is 25.9. The van der Waals surface area contributed by atoms with Crippen molar-refractivity contribution in [1.29, 1.82) is 0 Å². The molecule has 1 aliphatic heterocycles. The molecule has 3 rings (SSSR count). The van der Waals surface area contributed by atoms with Crippen LogP contribution < -0.4 is 5.32 Å². The van der Waals surface area contributed by atoms with Crippen molar-refractivity contribution in [3.63, 3.8) is 0 Å². The molecule has 2 aromatic carbocycles. The molecule has 4 nitrogen and oxygen atoms in total. The summed E-state index contributed by atoms with van der Waals surface area (Å²) in [6, 6.07) is 14.9. The molecule has 26 heavy (non-hydrogen) atoms. The zero-order valence-corrected chi connectivity index (χ0v) is 15.2. The molecule has 0 saturated carbocycles. The summed E-state index contributed by atoms with van der Waals surface area (Å²) < 4.78 is 0. The molecular weight excluding hydrogens is 348 g/mol. The second-order valence-electron chi connectivity index (χ2n) is 6.39. The Balaban J connectivity index is 1.59. The predicted molar refractivity (Wildman–Crippen MR) is 105 cm³/mol. The summed E-state index contributed by atoms with van der Waals surface area (Å²) >= 11 is 6.08. The molecule has 1 saturated heterocycles. The van der Waals surface area contributed by atoms with E-state index in [-0.39, 0.29) is 11.8 Å². The van der Waals surface area contributed by atoms with Gasteiger partial charge in [-0.25, -0.2) is 0 Å². The SMILES string of the molecule is C=CC(=O)Nc1ccc(C(=O)N2CCC(c3cccc(Cl)c3)CC2)cc1. The van der Waals surface area contributed by atoms with Gasteiger partial charge in [-0.2, -0.15) is 0 Å². The Hall–Kier alpha value is -2.59. The van der Waals surface area contributed by atoms with E-state index >= 15 is 0 Å². The highest BCUT2D eigenvalue weighted by Gasteiger charge is 2.24. The third-order valence-electron chi connectivity index (χ3n) is 4.69. The molecule has 5 heteroatoms. The van der Waals surface area contributed by atoms with Crippen molar-refractivity contribution >= 4 is 29.1 Å². The van der Waals surface area contributed by atoms with E-state index in [2.05, 4.69) is 18.0 Å². The lowest BCUT2D eigenvalue weighted by atomic mass is 9.89. The van der Waals surface area contributed by atoms with Gasteiger partial charge in [0.1, 0.15) is 0 Å². The Bertz CT molecular complexity index is 809. The van der Waals surface area contributed by atoms with Gasteiger partial charge in [0.05, 0.1) is 0 Å². The first kappa shape index (κ1) is 18.2. The predicted octanol–water partition coefficient (Wildman–Crippen LogP) is 4.48. The number of carbonyl (C=O) groups is 2. The first-order valence-electron chi connectivity index (χ1n) is 8.65. The number of rotatable bonds is 4. The molecule has 0 spiro atoms. The van der Waals surface area contributed by atoms with Crippen molar-refractivity contribution in [2.24, 2.45) is 0 Å². The van der Waals surface area contributed by atoms with E-state index in [1.807, 2.05) is 23.1 Å². The maximum atomic E-state index is 12.7. The van der Waals surface area contributed by atoms with Crippen LogP contribution >= 0.6 is 11.6 Å². The van der Waals surface area contributed by atoms with Gasteiger partial charge in [0.25, 0.3) is 5.91 Å². The van der Waals surface area contributed by atoms with Gasteiger partial charge in [-0.3, -0.25) is 9.59 Å². The largest absolute Gasteiger partial charge is 0.339 e. The summed E-state index contributed by atoms with van der Waals surface area (Å²) in [5.41, 5.74) is 2.51. The van der Waals surface area contributed by atoms with Gasteiger partial charge in [0.15, 0.2) is 0 Å². The summed E-state index contributed by atoms with van der Waals surface area (Å²) in [7, 11) is 0. The van der Waals surface area contributed by atoms with Crippen LogP contribution in [0.15, 0.2) is 61.2 Å². The van der Waals surface area contributed by atoms with E-state index in [0.29, 0.717) is 17.2 Å². The minimum Gasteiger partial charge on any atom is -0.339 e. The number of nitrogens with one attached hydrogen (secondary N) is 1. The number of hydrogen-bond acceptors (Lipinski definition) is 2. The minimum atomic E-state index is -0.271. The number of likely N-dealkylation sites (tertiary alicyclic amines) is 1. The van der Waals surface area contributed by atoms with E-state index < -0.39 is 0 Å². The van der Waals surface area contributed by atoms with Gasteiger partial charge >= 0.3 is 0 Å². The van der Waals surface area contributed by atoms with Crippen molar-refractivity contribution in [2.75, 3.05) is 18.4 Å². The van der Waals surface area contributed by atoms with Crippen LogP contribution in [0.1, 0.15) is 34.7 Å². The van der Waals surface area contributed by atoms with Gasteiger partial charge in [-0.15, -0.1) is 0 Å². The Labute approximate surface area is 158 Å². The smallest absolute Gasteiger partial charge is 0.253 e. The number of halogens is 1. The fourth-order valence-electron chi connectivity index (χ4n) is 3.25. The van der Waals surface area contributed by atoms with Gasteiger partial charge < -0.3 is 10.2 Å². The molecule has 1 heterocycles. The molecule has 0 unspecified atom stereocenters. The number of nitrogens with zero attached hydrogens (tertiary/aromatic N) is 1. The molecular formula is C21H21ClN2O2. The molecule has 0 aromatic heterocycles.